The number of amides is 1. The molecule has 1 aliphatic carbocycles. The van der Waals surface area contributed by atoms with Gasteiger partial charge in [-0.1, -0.05) is 19.1 Å². The molecule has 0 fully saturated rings. The van der Waals surface area contributed by atoms with E-state index in [4.69, 9.17) is 9.88 Å². The van der Waals surface area contributed by atoms with Gasteiger partial charge < -0.3 is 10.1 Å². The molecule has 1 atom stereocenters. The van der Waals surface area contributed by atoms with Crippen LogP contribution in [-0.2, 0) is 38.8 Å². The van der Waals surface area contributed by atoms with E-state index in [1.165, 1.54) is 33.9 Å². The van der Waals surface area contributed by atoms with Crippen LogP contribution in [-0.4, -0.2) is 33.4 Å². The number of esters is 1. The van der Waals surface area contributed by atoms with E-state index >= 15 is 0 Å². The highest BCUT2D eigenvalue weighted by Gasteiger charge is 2.21. The predicted octanol–water partition coefficient (Wildman–Crippen LogP) is 2.04. The molecule has 0 bridgehead atoms. The summed E-state index contributed by atoms with van der Waals surface area (Å²) in [6.45, 7) is 2.22. The standard InChI is InChI=1S/C20H24N2O5S2/c1-13-2-7-17-15(10-13)11-18(28-17)20(24)27-12-19(23)22-9-8-14-3-5-16(6-4-14)29(21,25)26/h3-6,11,13H,2,7-10,12H2,1H3,(H,22,23)(H2,21,25,26)/t13-/m0/s1. The van der Waals surface area contributed by atoms with Gasteiger partial charge in [0.05, 0.1) is 4.90 Å². The van der Waals surface area contributed by atoms with Gasteiger partial charge in [-0.2, -0.15) is 0 Å². The fourth-order valence-corrected chi connectivity index (χ4v) is 4.87. The highest BCUT2D eigenvalue weighted by atomic mass is 32.2. The summed E-state index contributed by atoms with van der Waals surface area (Å²) in [7, 11) is -3.71. The molecule has 1 amide bonds. The monoisotopic (exact) mass is 436 g/mol. The summed E-state index contributed by atoms with van der Waals surface area (Å²) >= 11 is 1.46. The zero-order valence-electron chi connectivity index (χ0n) is 16.1. The Morgan fingerprint density at radius 3 is 2.69 bits per heavy atom. The zero-order chi connectivity index (χ0) is 21.0. The van der Waals surface area contributed by atoms with Gasteiger partial charge in [-0.25, -0.2) is 18.4 Å². The van der Waals surface area contributed by atoms with E-state index in [0.717, 1.165) is 24.8 Å². The Hall–Kier alpha value is -2.23. The molecule has 9 heteroatoms. The van der Waals surface area contributed by atoms with Crippen molar-refractivity contribution < 1.29 is 22.7 Å². The van der Waals surface area contributed by atoms with Gasteiger partial charge >= 0.3 is 5.97 Å². The van der Waals surface area contributed by atoms with Crippen molar-refractivity contribution in [2.45, 2.75) is 37.5 Å². The normalized spacial score (nSPS) is 16.1. The first-order valence-electron chi connectivity index (χ1n) is 9.39. The molecule has 0 aliphatic heterocycles. The van der Waals surface area contributed by atoms with Gasteiger partial charge in [-0.15, -0.1) is 11.3 Å². The molecule has 0 unspecified atom stereocenters. The lowest BCUT2D eigenvalue weighted by molar-refractivity contribution is -0.124. The maximum absolute atomic E-state index is 12.2. The van der Waals surface area contributed by atoms with E-state index in [1.54, 1.807) is 12.1 Å². The molecule has 0 spiro atoms. The number of primary sulfonamides is 1. The number of nitrogens with two attached hydrogens (primary N) is 1. The van der Waals surface area contributed by atoms with Crippen LogP contribution in [0.1, 0.15) is 39.0 Å². The Morgan fingerprint density at radius 2 is 2.00 bits per heavy atom. The number of carbonyl (C=O) groups is 2. The lowest BCUT2D eigenvalue weighted by atomic mass is 9.90. The van der Waals surface area contributed by atoms with Crippen molar-refractivity contribution in [3.8, 4) is 0 Å². The molecule has 0 saturated heterocycles. The molecular weight excluding hydrogens is 412 g/mol. The lowest BCUT2D eigenvalue weighted by Gasteiger charge is -2.16. The number of rotatable bonds is 7. The van der Waals surface area contributed by atoms with Crippen LogP contribution in [0.15, 0.2) is 35.2 Å². The molecule has 1 aliphatic rings. The van der Waals surface area contributed by atoms with Gasteiger partial charge in [0, 0.05) is 11.4 Å². The number of aryl methyl sites for hydroxylation is 1. The van der Waals surface area contributed by atoms with Crippen LogP contribution < -0.4 is 10.5 Å². The molecule has 1 aromatic carbocycles. The molecular formula is C20H24N2O5S2. The first kappa shape index (κ1) is 21.5. The lowest BCUT2D eigenvalue weighted by Crippen LogP contribution is -2.30. The van der Waals surface area contributed by atoms with E-state index in [9.17, 15) is 18.0 Å². The second kappa shape index (κ2) is 9.06. The van der Waals surface area contributed by atoms with Crippen molar-refractivity contribution in [3.05, 3.63) is 51.2 Å². The third kappa shape index (κ3) is 5.88. The van der Waals surface area contributed by atoms with Gasteiger partial charge in [0.1, 0.15) is 4.88 Å². The van der Waals surface area contributed by atoms with E-state index < -0.39 is 16.0 Å². The van der Waals surface area contributed by atoms with Crippen molar-refractivity contribution in [2.24, 2.45) is 11.1 Å². The quantitative estimate of drug-likeness (QED) is 0.645. The average molecular weight is 437 g/mol. The first-order valence-corrected chi connectivity index (χ1v) is 11.8. The van der Waals surface area contributed by atoms with Gasteiger partial charge in [0.15, 0.2) is 6.61 Å². The summed E-state index contributed by atoms with van der Waals surface area (Å²) in [5, 5.41) is 7.74. The Bertz CT molecular complexity index is 996. The topological polar surface area (TPSA) is 116 Å². The molecule has 29 heavy (non-hydrogen) atoms. The number of sulfonamides is 1. The number of thiophene rings is 1. The number of carbonyl (C=O) groups excluding carboxylic acids is 2. The second-order valence-corrected chi connectivity index (χ2v) is 9.97. The molecule has 3 N–H and O–H groups in total. The maximum Gasteiger partial charge on any atom is 0.348 e. The Morgan fingerprint density at radius 1 is 1.28 bits per heavy atom. The van der Waals surface area contributed by atoms with Crippen LogP contribution >= 0.6 is 11.3 Å². The summed E-state index contributed by atoms with van der Waals surface area (Å²) in [5.41, 5.74) is 2.08. The SMILES string of the molecule is C[C@H]1CCc2sc(C(=O)OCC(=O)NCCc3ccc(S(N)(=O)=O)cc3)cc2C1. The molecule has 1 heterocycles. The first-order chi connectivity index (χ1) is 13.7. The summed E-state index contributed by atoms with van der Waals surface area (Å²) in [6, 6.07) is 8.03. The molecule has 3 rings (SSSR count). The number of hydrogen-bond donors (Lipinski definition) is 2. The minimum absolute atomic E-state index is 0.0434. The van der Waals surface area contributed by atoms with Crippen LogP contribution in [0.5, 0.6) is 0 Å². The van der Waals surface area contributed by atoms with Gasteiger partial charge in [0.2, 0.25) is 10.0 Å². The minimum Gasteiger partial charge on any atom is -0.451 e. The van der Waals surface area contributed by atoms with Crippen molar-refractivity contribution in [1.29, 1.82) is 0 Å². The average Bonchev–Trinajstić information content (AvgIpc) is 3.09. The third-order valence-electron chi connectivity index (χ3n) is 4.85. The predicted molar refractivity (Wildman–Crippen MR) is 110 cm³/mol. The number of ether oxygens (including phenoxy) is 1. The Balaban J connectivity index is 1.41. The third-order valence-corrected chi connectivity index (χ3v) is 7.00. The van der Waals surface area contributed by atoms with Gasteiger partial charge in [0.25, 0.3) is 5.91 Å². The summed E-state index contributed by atoms with van der Waals surface area (Å²) in [4.78, 5) is 26.0. The molecule has 156 valence electrons. The fourth-order valence-electron chi connectivity index (χ4n) is 3.25. The fraction of sp³-hybridized carbons (Fsp3) is 0.400. The molecule has 2 aromatic rings. The smallest absolute Gasteiger partial charge is 0.348 e. The van der Waals surface area contributed by atoms with E-state index in [1.807, 2.05) is 6.07 Å². The Labute approximate surface area is 174 Å². The van der Waals surface area contributed by atoms with Crippen molar-refractivity contribution in [1.82, 2.24) is 5.32 Å². The second-order valence-electron chi connectivity index (χ2n) is 7.27. The van der Waals surface area contributed by atoms with E-state index in [0.29, 0.717) is 23.8 Å². The zero-order valence-corrected chi connectivity index (χ0v) is 17.8. The Kier molecular flexibility index (Phi) is 6.71. The van der Waals surface area contributed by atoms with Gasteiger partial charge in [-0.05, 0) is 60.9 Å². The van der Waals surface area contributed by atoms with Crippen LogP contribution in [0.4, 0.5) is 0 Å². The van der Waals surface area contributed by atoms with Crippen LogP contribution in [0.3, 0.4) is 0 Å². The highest BCUT2D eigenvalue weighted by molar-refractivity contribution is 7.89. The molecule has 1 aromatic heterocycles. The van der Waals surface area contributed by atoms with Gasteiger partial charge in [-0.3, -0.25) is 4.79 Å². The van der Waals surface area contributed by atoms with E-state index in [-0.39, 0.29) is 17.4 Å². The molecule has 7 nitrogen and oxygen atoms in total. The minimum atomic E-state index is -3.71. The van der Waals surface area contributed by atoms with Crippen molar-refractivity contribution in [3.63, 3.8) is 0 Å². The molecule has 0 saturated carbocycles. The van der Waals surface area contributed by atoms with Crippen LogP contribution in [0.2, 0.25) is 0 Å². The number of nitrogens with one attached hydrogen (secondary N) is 1. The highest BCUT2D eigenvalue weighted by Crippen LogP contribution is 2.32. The molecule has 0 radical (unpaired) electrons. The van der Waals surface area contributed by atoms with Crippen LogP contribution in [0, 0.1) is 5.92 Å². The van der Waals surface area contributed by atoms with Crippen molar-refractivity contribution in [2.75, 3.05) is 13.2 Å². The van der Waals surface area contributed by atoms with Crippen LogP contribution in [0.25, 0.3) is 0 Å². The largest absolute Gasteiger partial charge is 0.451 e. The number of fused-ring (bicyclic) bond motifs is 1. The van der Waals surface area contributed by atoms with E-state index in [2.05, 4.69) is 12.2 Å². The summed E-state index contributed by atoms with van der Waals surface area (Å²) in [6.07, 6.45) is 3.63. The van der Waals surface area contributed by atoms with Crippen molar-refractivity contribution >= 4 is 33.2 Å². The maximum atomic E-state index is 12.2. The summed E-state index contributed by atoms with van der Waals surface area (Å²) in [5.74, 6) is -0.220. The summed E-state index contributed by atoms with van der Waals surface area (Å²) < 4.78 is 27.6. The number of benzene rings is 1. The number of hydrogen-bond acceptors (Lipinski definition) is 6.